The van der Waals surface area contributed by atoms with E-state index in [4.69, 9.17) is 15.2 Å². The van der Waals surface area contributed by atoms with Crippen LogP contribution in [-0.4, -0.2) is 43.4 Å². The predicted molar refractivity (Wildman–Crippen MR) is 63.6 cm³/mol. The Morgan fingerprint density at radius 2 is 2.00 bits per heavy atom. The van der Waals surface area contributed by atoms with Crippen molar-refractivity contribution in [2.24, 2.45) is 5.73 Å². The molecule has 5 heteroatoms. The van der Waals surface area contributed by atoms with E-state index in [9.17, 15) is 4.79 Å². The minimum atomic E-state index is -0.757. The number of carbonyl (C=O) groups is 1. The average Bonchev–Trinajstić information content (AvgIpc) is 2.75. The lowest BCUT2D eigenvalue weighted by Gasteiger charge is -2.33. The topological polar surface area (TPSA) is 73.6 Å². The van der Waals surface area contributed by atoms with Crippen molar-refractivity contribution in [3.05, 3.63) is 0 Å². The lowest BCUT2D eigenvalue weighted by Crippen LogP contribution is -2.58. The zero-order valence-corrected chi connectivity index (χ0v) is 10.5. The third-order valence-corrected chi connectivity index (χ3v) is 3.76. The van der Waals surface area contributed by atoms with Gasteiger partial charge in [0, 0.05) is 26.4 Å². The van der Waals surface area contributed by atoms with E-state index in [0.717, 1.165) is 19.4 Å². The highest BCUT2D eigenvalue weighted by atomic mass is 16.5. The molecule has 2 aliphatic heterocycles. The molecule has 2 heterocycles. The zero-order chi connectivity index (χ0) is 12.4. The molecule has 17 heavy (non-hydrogen) atoms. The fourth-order valence-electron chi connectivity index (χ4n) is 2.38. The van der Waals surface area contributed by atoms with E-state index < -0.39 is 5.54 Å². The largest absolute Gasteiger partial charge is 0.381 e. The molecule has 0 bridgehead atoms. The second kappa shape index (κ2) is 4.92. The van der Waals surface area contributed by atoms with Crippen LogP contribution >= 0.6 is 0 Å². The highest BCUT2D eigenvalue weighted by molar-refractivity contribution is 5.86. The molecule has 1 unspecified atom stereocenters. The molecule has 2 saturated heterocycles. The van der Waals surface area contributed by atoms with Gasteiger partial charge in [0.25, 0.3) is 0 Å². The van der Waals surface area contributed by atoms with E-state index in [1.165, 1.54) is 0 Å². The van der Waals surface area contributed by atoms with E-state index in [0.29, 0.717) is 32.6 Å². The van der Waals surface area contributed by atoms with Crippen molar-refractivity contribution >= 4 is 5.91 Å². The number of hydrogen-bond acceptors (Lipinski definition) is 4. The summed E-state index contributed by atoms with van der Waals surface area (Å²) in [6.45, 7) is 4.50. The van der Waals surface area contributed by atoms with Crippen LogP contribution in [0.15, 0.2) is 0 Å². The Kier molecular flexibility index (Phi) is 3.70. The molecule has 2 rings (SSSR count). The van der Waals surface area contributed by atoms with Gasteiger partial charge in [-0.25, -0.2) is 0 Å². The van der Waals surface area contributed by atoms with Crippen LogP contribution in [-0.2, 0) is 14.3 Å². The third-order valence-electron chi connectivity index (χ3n) is 3.76. The monoisotopic (exact) mass is 242 g/mol. The number of nitrogens with two attached hydrogens (primary N) is 1. The van der Waals surface area contributed by atoms with Gasteiger partial charge in [0.05, 0.1) is 11.1 Å². The average molecular weight is 242 g/mol. The Morgan fingerprint density at radius 3 is 2.59 bits per heavy atom. The molecule has 2 fully saturated rings. The van der Waals surface area contributed by atoms with Crippen LogP contribution in [0.5, 0.6) is 0 Å². The summed E-state index contributed by atoms with van der Waals surface area (Å²) >= 11 is 0. The minimum Gasteiger partial charge on any atom is -0.381 e. The maximum Gasteiger partial charge on any atom is 0.240 e. The molecule has 0 aromatic rings. The van der Waals surface area contributed by atoms with Crippen LogP contribution in [0.3, 0.4) is 0 Å². The lowest BCUT2D eigenvalue weighted by atomic mass is 9.90. The van der Waals surface area contributed by atoms with Gasteiger partial charge >= 0.3 is 0 Å². The van der Waals surface area contributed by atoms with Crippen LogP contribution in [0.2, 0.25) is 0 Å². The molecule has 5 nitrogen and oxygen atoms in total. The molecule has 2 aliphatic rings. The molecular weight excluding hydrogens is 220 g/mol. The first kappa shape index (κ1) is 12.8. The van der Waals surface area contributed by atoms with Gasteiger partial charge < -0.3 is 20.5 Å². The lowest BCUT2D eigenvalue weighted by molar-refractivity contribution is -0.131. The zero-order valence-electron chi connectivity index (χ0n) is 10.5. The summed E-state index contributed by atoms with van der Waals surface area (Å²) in [7, 11) is 0. The third kappa shape index (κ3) is 2.97. The second-order valence-electron chi connectivity index (χ2n) is 5.35. The van der Waals surface area contributed by atoms with Crippen LogP contribution in [0, 0.1) is 0 Å². The van der Waals surface area contributed by atoms with Crippen molar-refractivity contribution < 1.29 is 14.3 Å². The molecule has 0 aromatic carbocycles. The van der Waals surface area contributed by atoms with Crippen molar-refractivity contribution in [1.29, 1.82) is 0 Å². The van der Waals surface area contributed by atoms with E-state index in [1.807, 2.05) is 6.92 Å². The van der Waals surface area contributed by atoms with Crippen molar-refractivity contribution in [3.8, 4) is 0 Å². The SMILES string of the molecule is CC1(CNC(=O)C2(N)CCOCC2)CCCO1. The first-order valence-electron chi connectivity index (χ1n) is 6.33. The highest BCUT2D eigenvalue weighted by Crippen LogP contribution is 2.24. The van der Waals surface area contributed by atoms with E-state index in [-0.39, 0.29) is 11.5 Å². The van der Waals surface area contributed by atoms with E-state index in [2.05, 4.69) is 5.32 Å². The number of hydrogen-bond donors (Lipinski definition) is 2. The minimum absolute atomic E-state index is 0.0717. The van der Waals surface area contributed by atoms with Crippen molar-refractivity contribution in [3.63, 3.8) is 0 Å². The summed E-state index contributed by atoms with van der Waals surface area (Å²) in [5.74, 6) is -0.0717. The van der Waals surface area contributed by atoms with Crippen molar-refractivity contribution in [2.45, 2.75) is 43.7 Å². The maximum atomic E-state index is 12.1. The number of carbonyl (C=O) groups excluding carboxylic acids is 1. The van der Waals surface area contributed by atoms with Crippen molar-refractivity contribution in [1.82, 2.24) is 5.32 Å². The Balaban J connectivity index is 1.84. The number of rotatable bonds is 3. The molecule has 0 radical (unpaired) electrons. The number of ether oxygens (including phenoxy) is 2. The van der Waals surface area contributed by atoms with E-state index >= 15 is 0 Å². The first-order valence-corrected chi connectivity index (χ1v) is 6.33. The standard InChI is InChI=1S/C12H22N2O3/c1-11(3-2-6-17-11)9-14-10(15)12(13)4-7-16-8-5-12/h2-9,13H2,1H3,(H,14,15). The molecular formula is C12H22N2O3. The van der Waals surface area contributed by atoms with Crippen LogP contribution < -0.4 is 11.1 Å². The predicted octanol–water partition coefficient (Wildman–Crippen LogP) is 0.180. The quantitative estimate of drug-likeness (QED) is 0.740. The first-order chi connectivity index (χ1) is 8.04. The second-order valence-corrected chi connectivity index (χ2v) is 5.35. The summed E-state index contributed by atoms with van der Waals surface area (Å²) in [5, 5.41) is 2.93. The Bertz CT molecular complexity index is 281. The van der Waals surface area contributed by atoms with Gasteiger partial charge in [-0.3, -0.25) is 4.79 Å². The summed E-state index contributed by atoms with van der Waals surface area (Å²) < 4.78 is 10.9. The summed E-state index contributed by atoms with van der Waals surface area (Å²) in [5.41, 5.74) is 5.13. The van der Waals surface area contributed by atoms with Crippen molar-refractivity contribution in [2.75, 3.05) is 26.4 Å². The highest BCUT2D eigenvalue weighted by Gasteiger charge is 2.37. The van der Waals surface area contributed by atoms with Crippen LogP contribution in [0.1, 0.15) is 32.6 Å². The summed E-state index contributed by atoms with van der Waals surface area (Å²) in [6.07, 6.45) is 3.24. The van der Waals surface area contributed by atoms with Gasteiger partial charge in [0.2, 0.25) is 5.91 Å². The Hall–Kier alpha value is -0.650. The number of amides is 1. The fraction of sp³-hybridized carbons (Fsp3) is 0.917. The summed E-state index contributed by atoms with van der Waals surface area (Å²) in [4.78, 5) is 12.1. The molecule has 0 saturated carbocycles. The van der Waals surface area contributed by atoms with Crippen LogP contribution in [0.25, 0.3) is 0 Å². The number of nitrogens with one attached hydrogen (secondary N) is 1. The van der Waals surface area contributed by atoms with Gasteiger partial charge in [0.15, 0.2) is 0 Å². The van der Waals surface area contributed by atoms with Gasteiger partial charge in [-0.2, -0.15) is 0 Å². The summed E-state index contributed by atoms with van der Waals surface area (Å²) in [6, 6.07) is 0. The fourth-order valence-corrected chi connectivity index (χ4v) is 2.38. The van der Waals surface area contributed by atoms with Gasteiger partial charge in [0.1, 0.15) is 0 Å². The molecule has 3 N–H and O–H groups in total. The molecule has 0 spiro atoms. The normalized spacial score (nSPS) is 32.4. The molecule has 98 valence electrons. The smallest absolute Gasteiger partial charge is 0.240 e. The van der Waals surface area contributed by atoms with Crippen LogP contribution in [0.4, 0.5) is 0 Å². The molecule has 1 atom stereocenters. The maximum absolute atomic E-state index is 12.1. The van der Waals surface area contributed by atoms with Gasteiger partial charge in [-0.1, -0.05) is 0 Å². The van der Waals surface area contributed by atoms with Gasteiger partial charge in [-0.05, 0) is 32.6 Å². The van der Waals surface area contributed by atoms with Gasteiger partial charge in [-0.15, -0.1) is 0 Å². The van der Waals surface area contributed by atoms with E-state index in [1.54, 1.807) is 0 Å². The Morgan fingerprint density at radius 1 is 1.29 bits per heavy atom. The molecule has 0 aromatic heterocycles. The molecule has 0 aliphatic carbocycles. The molecule has 1 amide bonds. The Labute approximate surface area is 102 Å².